The van der Waals surface area contributed by atoms with Gasteiger partial charge in [0, 0.05) is 18.7 Å². The van der Waals surface area contributed by atoms with Crippen molar-refractivity contribution in [3.05, 3.63) is 11.9 Å². The van der Waals surface area contributed by atoms with Gasteiger partial charge >= 0.3 is 6.18 Å². The van der Waals surface area contributed by atoms with Gasteiger partial charge in [-0.25, -0.2) is 9.97 Å². The zero-order valence-electron chi connectivity index (χ0n) is 11.6. The van der Waals surface area contributed by atoms with Gasteiger partial charge in [0.1, 0.15) is 11.6 Å². The van der Waals surface area contributed by atoms with Crippen LogP contribution in [0.15, 0.2) is 6.07 Å². The summed E-state index contributed by atoms with van der Waals surface area (Å²) in [6.07, 6.45) is -1.36. The second-order valence-electron chi connectivity index (χ2n) is 5.03. The van der Waals surface area contributed by atoms with Crippen molar-refractivity contribution in [1.82, 2.24) is 9.97 Å². The molecule has 7 heteroatoms. The van der Waals surface area contributed by atoms with Crippen molar-refractivity contribution in [2.24, 2.45) is 5.92 Å². The van der Waals surface area contributed by atoms with E-state index in [-0.39, 0.29) is 17.7 Å². The quantitative estimate of drug-likeness (QED) is 0.841. The molecule has 0 spiro atoms. The molecule has 0 aromatic carbocycles. The van der Waals surface area contributed by atoms with Gasteiger partial charge in [-0.05, 0) is 25.7 Å². The number of anilines is 2. The van der Waals surface area contributed by atoms with E-state index in [2.05, 4.69) is 27.5 Å². The van der Waals surface area contributed by atoms with Gasteiger partial charge in [-0.3, -0.25) is 0 Å². The number of rotatable bonds is 6. The minimum atomic E-state index is -4.53. The van der Waals surface area contributed by atoms with Crippen molar-refractivity contribution in [3.63, 3.8) is 0 Å². The van der Waals surface area contributed by atoms with Crippen LogP contribution in [-0.4, -0.2) is 22.6 Å². The molecule has 0 radical (unpaired) electrons. The van der Waals surface area contributed by atoms with Gasteiger partial charge in [-0.2, -0.15) is 13.2 Å². The van der Waals surface area contributed by atoms with Crippen molar-refractivity contribution in [2.45, 2.75) is 45.3 Å². The van der Waals surface area contributed by atoms with Crippen LogP contribution in [0.5, 0.6) is 0 Å². The number of nitrogens with zero attached hydrogens (tertiary/aromatic N) is 2. The molecule has 112 valence electrons. The van der Waals surface area contributed by atoms with Crippen LogP contribution in [0.25, 0.3) is 0 Å². The highest BCUT2D eigenvalue weighted by Gasteiger charge is 2.38. The van der Waals surface area contributed by atoms with E-state index in [1.54, 1.807) is 6.92 Å². The summed E-state index contributed by atoms with van der Waals surface area (Å²) in [4.78, 5) is 7.06. The zero-order chi connectivity index (χ0) is 14.8. The van der Waals surface area contributed by atoms with Crippen LogP contribution in [0, 0.1) is 5.92 Å². The maximum atomic E-state index is 12.8. The molecule has 1 aliphatic carbocycles. The predicted molar refractivity (Wildman–Crippen MR) is 71.6 cm³/mol. The Morgan fingerprint density at radius 2 is 1.95 bits per heavy atom. The number of aromatic nitrogens is 2. The average Bonchev–Trinajstić information content (AvgIpc) is 3.06. The molecular formula is C13H19F3N4. The van der Waals surface area contributed by atoms with Crippen molar-refractivity contribution in [2.75, 3.05) is 17.2 Å². The lowest BCUT2D eigenvalue weighted by Gasteiger charge is -2.12. The summed E-state index contributed by atoms with van der Waals surface area (Å²) in [7, 11) is 0. The molecule has 0 amide bonds. The highest BCUT2D eigenvalue weighted by molar-refractivity contribution is 5.49. The molecule has 2 rings (SSSR count). The van der Waals surface area contributed by atoms with Gasteiger partial charge < -0.3 is 10.6 Å². The number of nitrogens with one attached hydrogen (secondary N) is 2. The summed E-state index contributed by atoms with van der Waals surface area (Å²) >= 11 is 0. The van der Waals surface area contributed by atoms with E-state index in [1.807, 2.05) is 0 Å². The van der Waals surface area contributed by atoms with Crippen LogP contribution in [0.1, 0.15) is 38.9 Å². The van der Waals surface area contributed by atoms with Crippen LogP contribution < -0.4 is 10.6 Å². The van der Waals surface area contributed by atoms with Gasteiger partial charge in [0.05, 0.1) is 0 Å². The van der Waals surface area contributed by atoms with E-state index in [1.165, 1.54) is 6.07 Å². The Hall–Kier alpha value is -1.53. The summed E-state index contributed by atoms with van der Waals surface area (Å²) in [6.45, 7) is 4.42. The molecule has 2 N–H and O–H groups in total. The highest BCUT2D eigenvalue weighted by Crippen LogP contribution is 2.37. The fourth-order valence-electron chi connectivity index (χ4n) is 2.22. The van der Waals surface area contributed by atoms with E-state index in [0.717, 1.165) is 19.3 Å². The lowest BCUT2D eigenvalue weighted by molar-refractivity contribution is -0.144. The average molecular weight is 288 g/mol. The van der Waals surface area contributed by atoms with Crippen LogP contribution in [0.2, 0.25) is 0 Å². The second-order valence-corrected chi connectivity index (χ2v) is 5.03. The molecule has 1 fully saturated rings. The van der Waals surface area contributed by atoms with Gasteiger partial charge in [-0.15, -0.1) is 0 Å². The van der Waals surface area contributed by atoms with Crippen LogP contribution in [0.4, 0.5) is 24.8 Å². The highest BCUT2D eigenvalue weighted by atomic mass is 19.4. The number of halogens is 3. The number of hydrogen-bond acceptors (Lipinski definition) is 4. The Labute approximate surface area is 116 Å². The molecule has 2 unspecified atom stereocenters. The smallest absolute Gasteiger partial charge is 0.370 e. The summed E-state index contributed by atoms with van der Waals surface area (Å²) in [5.74, 6) is -0.116. The normalized spacial score (nSPS) is 21.6. The van der Waals surface area contributed by atoms with Crippen molar-refractivity contribution >= 4 is 11.6 Å². The van der Waals surface area contributed by atoms with Crippen LogP contribution >= 0.6 is 0 Å². The third-order valence-electron chi connectivity index (χ3n) is 3.25. The van der Waals surface area contributed by atoms with E-state index >= 15 is 0 Å². The van der Waals surface area contributed by atoms with Crippen LogP contribution in [-0.2, 0) is 6.18 Å². The molecule has 20 heavy (non-hydrogen) atoms. The van der Waals surface area contributed by atoms with Crippen molar-refractivity contribution in [1.29, 1.82) is 0 Å². The molecule has 1 aliphatic rings. The van der Waals surface area contributed by atoms with Gasteiger partial charge in [-0.1, -0.05) is 13.3 Å². The Balaban J connectivity index is 2.13. The Bertz CT molecular complexity index is 461. The largest absolute Gasteiger partial charge is 0.451 e. The molecule has 0 aliphatic heterocycles. The lowest BCUT2D eigenvalue weighted by Crippen LogP contribution is -2.16. The zero-order valence-corrected chi connectivity index (χ0v) is 11.6. The minimum Gasteiger partial charge on any atom is -0.370 e. The second kappa shape index (κ2) is 5.85. The first-order chi connectivity index (χ1) is 9.44. The molecule has 0 bridgehead atoms. The predicted octanol–water partition coefficient (Wildman–Crippen LogP) is 3.53. The van der Waals surface area contributed by atoms with Crippen molar-refractivity contribution < 1.29 is 13.2 Å². The summed E-state index contributed by atoms with van der Waals surface area (Å²) < 4.78 is 38.3. The van der Waals surface area contributed by atoms with Gasteiger partial charge in [0.25, 0.3) is 0 Å². The number of alkyl halides is 3. The fourth-order valence-corrected chi connectivity index (χ4v) is 2.22. The molecule has 1 saturated carbocycles. The van der Waals surface area contributed by atoms with Gasteiger partial charge in [0.15, 0.2) is 0 Å². The molecule has 4 nitrogen and oxygen atoms in total. The summed E-state index contributed by atoms with van der Waals surface area (Å²) in [6, 6.07) is 1.76. The van der Waals surface area contributed by atoms with E-state index in [0.29, 0.717) is 12.5 Å². The maximum Gasteiger partial charge on any atom is 0.451 e. The van der Waals surface area contributed by atoms with E-state index < -0.39 is 12.0 Å². The molecule has 1 aromatic heterocycles. The van der Waals surface area contributed by atoms with Crippen LogP contribution in [0.3, 0.4) is 0 Å². The first kappa shape index (κ1) is 14.9. The topological polar surface area (TPSA) is 49.8 Å². The maximum absolute atomic E-state index is 12.8. The Kier molecular flexibility index (Phi) is 4.35. The molecular weight excluding hydrogens is 269 g/mol. The van der Waals surface area contributed by atoms with E-state index in [9.17, 15) is 13.2 Å². The molecule has 2 atom stereocenters. The molecule has 1 aromatic rings. The fraction of sp³-hybridized carbons (Fsp3) is 0.692. The number of hydrogen-bond donors (Lipinski definition) is 2. The minimum absolute atomic E-state index is 0.199. The SMILES string of the molecule is CCCC1CC1Nc1cc(NCC)nc(C(F)(F)F)n1. The van der Waals surface area contributed by atoms with Crippen molar-refractivity contribution in [3.8, 4) is 0 Å². The van der Waals surface area contributed by atoms with E-state index in [4.69, 9.17) is 0 Å². The molecule has 0 saturated heterocycles. The first-order valence-electron chi connectivity index (χ1n) is 6.90. The molecule has 1 heterocycles. The summed E-state index contributed by atoms with van der Waals surface area (Å²) in [5, 5.41) is 5.87. The Morgan fingerprint density at radius 3 is 2.55 bits per heavy atom. The van der Waals surface area contributed by atoms with Gasteiger partial charge in [0.2, 0.25) is 5.82 Å². The third kappa shape index (κ3) is 3.74. The first-order valence-corrected chi connectivity index (χ1v) is 6.90. The standard InChI is InChI=1S/C13H19F3N4/c1-3-5-8-6-9(8)18-11-7-10(17-4-2)19-12(20-11)13(14,15)16/h7-9H,3-6H2,1-2H3,(H2,17,18,19,20). The summed E-state index contributed by atoms with van der Waals surface area (Å²) in [5.41, 5.74) is 0. The Morgan fingerprint density at radius 1 is 1.25 bits per heavy atom. The lowest BCUT2D eigenvalue weighted by atomic mass is 10.2. The monoisotopic (exact) mass is 288 g/mol. The third-order valence-corrected chi connectivity index (χ3v) is 3.25.